The molecule has 4 N–H and O–H groups in total. The summed E-state index contributed by atoms with van der Waals surface area (Å²) in [5.41, 5.74) is -0.0625. The van der Waals surface area contributed by atoms with E-state index in [1.54, 1.807) is 0 Å². The van der Waals surface area contributed by atoms with Gasteiger partial charge in [0.1, 0.15) is 11.4 Å². The molecule has 9 nitrogen and oxygen atoms in total. The van der Waals surface area contributed by atoms with Crippen LogP contribution < -0.4 is 10.6 Å². The van der Waals surface area contributed by atoms with E-state index in [-0.39, 0.29) is 37.3 Å². The number of carbonyl (C=O) groups excluding carboxylic acids is 2. The maximum atomic E-state index is 11.7. The van der Waals surface area contributed by atoms with Crippen molar-refractivity contribution in [1.82, 2.24) is 15.6 Å². The molecule has 22 heavy (non-hydrogen) atoms. The van der Waals surface area contributed by atoms with Crippen molar-refractivity contribution in [3.63, 3.8) is 0 Å². The van der Waals surface area contributed by atoms with E-state index in [0.29, 0.717) is 0 Å². The molecule has 1 heterocycles. The van der Waals surface area contributed by atoms with E-state index in [0.717, 1.165) is 0 Å². The zero-order valence-electron chi connectivity index (χ0n) is 11.5. The molecule has 0 aliphatic rings. The first kappa shape index (κ1) is 17.1. The maximum Gasteiger partial charge on any atom is 0.305 e. The number of hydrogen-bond donors (Lipinski definition) is 4. The second-order valence-electron chi connectivity index (χ2n) is 4.21. The molecule has 1 aromatic rings. The predicted octanol–water partition coefficient (Wildman–Crippen LogP) is -0.509. The lowest BCUT2D eigenvalue weighted by Gasteiger charge is -2.06. The fourth-order valence-corrected chi connectivity index (χ4v) is 1.43. The number of carboxylic acids is 2. The molecular formula is C13H15N3O6. The average molecular weight is 309 g/mol. The van der Waals surface area contributed by atoms with Crippen LogP contribution in [0.2, 0.25) is 0 Å². The van der Waals surface area contributed by atoms with Crippen LogP contribution in [0.3, 0.4) is 0 Å². The Bertz CT molecular complexity index is 540. The lowest BCUT2D eigenvalue weighted by Crippen LogP contribution is -2.29. The van der Waals surface area contributed by atoms with Crippen molar-refractivity contribution in [1.29, 1.82) is 0 Å². The summed E-state index contributed by atoms with van der Waals surface area (Å²) in [6.45, 7) is -0.101. The van der Waals surface area contributed by atoms with Gasteiger partial charge < -0.3 is 20.8 Å². The van der Waals surface area contributed by atoms with Crippen LogP contribution in [-0.4, -0.2) is 52.0 Å². The van der Waals surface area contributed by atoms with Gasteiger partial charge in [-0.15, -0.1) is 0 Å². The van der Waals surface area contributed by atoms with Gasteiger partial charge in [0.15, 0.2) is 0 Å². The molecule has 1 rings (SSSR count). The first-order valence-corrected chi connectivity index (χ1v) is 6.37. The number of aromatic nitrogens is 1. The number of amides is 2. The number of nitrogens with one attached hydrogen (secondary N) is 2. The van der Waals surface area contributed by atoms with Gasteiger partial charge in [0, 0.05) is 13.1 Å². The van der Waals surface area contributed by atoms with E-state index in [4.69, 9.17) is 10.2 Å². The summed E-state index contributed by atoms with van der Waals surface area (Å²) in [5.74, 6) is -3.28. The predicted molar refractivity (Wildman–Crippen MR) is 73.4 cm³/mol. The summed E-state index contributed by atoms with van der Waals surface area (Å²) in [7, 11) is 0. The molecule has 1 aromatic heterocycles. The van der Waals surface area contributed by atoms with Crippen LogP contribution >= 0.6 is 0 Å². The monoisotopic (exact) mass is 309 g/mol. The van der Waals surface area contributed by atoms with Crippen LogP contribution in [-0.2, 0) is 9.59 Å². The van der Waals surface area contributed by atoms with Gasteiger partial charge in [-0.1, -0.05) is 6.07 Å². The minimum Gasteiger partial charge on any atom is -0.481 e. The first-order chi connectivity index (χ1) is 10.4. The molecule has 0 saturated carbocycles. The highest BCUT2D eigenvalue weighted by Gasteiger charge is 2.12. The van der Waals surface area contributed by atoms with E-state index < -0.39 is 23.8 Å². The molecule has 0 spiro atoms. The van der Waals surface area contributed by atoms with Gasteiger partial charge in [-0.25, -0.2) is 4.98 Å². The summed E-state index contributed by atoms with van der Waals surface area (Å²) in [6.07, 6.45) is -0.442. The molecule has 0 aromatic carbocycles. The van der Waals surface area contributed by atoms with Crippen molar-refractivity contribution in [2.75, 3.05) is 13.1 Å². The summed E-state index contributed by atoms with van der Waals surface area (Å²) in [4.78, 5) is 48.0. The van der Waals surface area contributed by atoms with Gasteiger partial charge in [-0.3, -0.25) is 19.2 Å². The molecule has 9 heteroatoms. The van der Waals surface area contributed by atoms with Crippen LogP contribution in [0.1, 0.15) is 33.8 Å². The second-order valence-corrected chi connectivity index (χ2v) is 4.21. The number of carbonyl (C=O) groups is 4. The fraction of sp³-hybridized carbons (Fsp3) is 0.308. The zero-order valence-corrected chi connectivity index (χ0v) is 11.5. The zero-order chi connectivity index (χ0) is 16.5. The van der Waals surface area contributed by atoms with Gasteiger partial charge in [0.2, 0.25) is 0 Å². The highest BCUT2D eigenvalue weighted by atomic mass is 16.4. The summed E-state index contributed by atoms with van der Waals surface area (Å²) in [6, 6.07) is 4.21. The molecule has 0 bridgehead atoms. The van der Waals surface area contributed by atoms with Crippen LogP contribution in [0.5, 0.6) is 0 Å². The number of rotatable bonds is 8. The third-order valence-electron chi connectivity index (χ3n) is 2.46. The van der Waals surface area contributed by atoms with Crippen molar-refractivity contribution in [3.05, 3.63) is 29.6 Å². The Hall–Kier alpha value is -2.97. The Morgan fingerprint density at radius 1 is 0.864 bits per heavy atom. The Labute approximate surface area is 125 Å². The highest BCUT2D eigenvalue weighted by Crippen LogP contribution is 2.00. The number of carboxylic acid groups (broad SMARTS) is 2. The quantitative estimate of drug-likeness (QED) is 0.506. The van der Waals surface area contributed by atoms with Crippen LogP contribution in [0.25, 0.3) is 0 Å². The lowest BCUT2D eigenvalue weighted by atomic mass is 10.2. The summed E-state index contributed by atoms with van der Waals surface area (Å²) < 4.78 is 0. The largest absolute Gasteiger partial charge is 0.481 e. The normalized spacial score (nSPS) is 9.82. The topological polar surface area (TPSA) is 146 Å². The number of hydrogen-bond acceptors (Lipinski definition) is 5. The molecule has 0 aliphatic carbocycles. The molecule has 118 valence electrons. The molecule has 0 aliphatic heterocycles. The summed E-state index contributed by atoms with van der Waals surface area (Å²) in [5, 5.41) is 21.7. The average Bonchev–Trinajstić information content (AvgIpc) is 2.46. The van der Waals surface area contributed by atoms with E-state index >= 15 is 0 Å². The molecule has 0 fully saturated rings. The molecule has 0 atom stereocenters. The molecular weight excluding hydrogens is 294 g/mol. The van der Waals surface area contributed by atoms with Crippen molar-refractivity contribution >= 4 is 23.8 Å². The van der Waals surface area contributed by atoms with Crippen molar-refractivity contribution in [2.45, 2.75) is 12.8 Å². The van der Waals surface area contributed by atoms with E-state index in [1.807, 2.05) is 0 Å². The number of nitrogens with zero attached hydrogens (tertiary/aromatic N) is 1. The van der Waals surface area contributed by atoms with Crippen LogP contribution in [0.15, 0.2) is 18.2 Å². The lowest BCUT2D eigenvalue weighted by molar-refractivity contribution is -0.137. The Balaban J connectivity index is 2.60. The summed E-state index contributed by atoms with van der Waals surface area (Å²) >= 11 is 0. The molecule has 0 radical (unpaired) electrons. The van der Waals surface area contributed by atoms with Gasteiger partial charge in [-0.05, 0) is 12.1 Å². The highest BCUT2D eigenvalue weighted by molar-refractivity contribution is 5.96. The van der Waals surface area contributed by atoms with Crippen molar-refractivity contribution in [2.24, 2.45) is 0 Å². The second kappa shape index (κ2) is 8.35. The van der Waals surface area contributed by atoms with Gasteiger partial charge in [0.05, 0.1) is 12.8 Å². The molecule has 2 amide bonds. The smallest absolute Gasteiger partial charge is 0.305 e. The van der Waals surface area contributed by atoms with E-state index in [1.165, 1.54) is 18.2 Å². The third-order valence-corrected chi connectivity index (χ3v) is 2.46. The Morgan fingerprint density at radius 3 is 1.64 bits per heavy atom. The Kier molecular flexibility index (Phi) is 6.48. The van der Waals surface area contributed by atoms with Gasteiger partial charge in [-0.2, -0.15) is 0 Å². The van der Waals surface area contributed by atoms with Crippen LogP contribution in [0.4, 0.5) is 0 Å². The molecule has 0 saturated heterocycles. The van der Waals surface area contributed by atoms with Gasteiger partial charge >= 0.3 is 11.9 Å². The third kappa shape index (κ3) is 5.99. The van der Waals surface area contributed by atoms with E-state index in [9.17, 15) is 19.2 Å². The molecule has 0 unspecified atom stereocenters. The Morgan fingerprint density at radius 2 is 1.27 bits per heavy atom. The number of pyridine rings is 1. The first-order valence-electron chi connectivity index (χ1n) is 6.37. The van der Waals surface area contributed by atoms with Crippen molar-refractivity contribution < 1.29 is 29.4 Å². The maximum absolute atomic E-state index is 11.7. The number of aliphatic carboxylic acids is 2. The fourth-order valence-electron chi connectivity index (χ4n) is 1.43. The van der Waals surface area contributed by atoms with E-state index in [2.05, 4.69) is 15.6 Å². The van der Waals surface area contributed by atoms with Crippen LogP contribution in [0, 0.1) is 0 Å². The van der Waals surface area contributed by atoms with Gasteiger partial charge in [0.25, 0.3) is 11.8 Å². The standard InChI is InChI=1S/C13H15N3O6/c17-10(18)4-6-14-12(21)8-2-1-3-9(16-8)13(22)15-7-5-11(19)20/h1-3H,4-7H2,(H,14,21)(H,15,22)(H,17,18)(H,19,20). The minimum atomic E-state index is -1.04. The SMILES string of the molecule is O=C(O)CCNC(=O)c1cccc(C(=O)NCCC(=O)O)n1. The minimum absolute atomic E-state index is 0.0312. The van der Waals surface area contributed by atoms with Crippen molar-refractivity contribution in [3.8, 4) is 0 Å².